The molecule has 0 bridgehead atoms. The van der Waals surface area contributed by atoms with Gasteiger partial charge in [0.15, 0.2) is 11.5 Å². The van der Waals surface area contributed by atoms with Crippen LogP contribution in [0.25, 0.3) is 0 Å². The molecule has 0 radical (unpaired) electrons. The van der Waals surface area contributed by atoms with Crippen LogP contribution in [0.2, 0.25) is 0 Å². The molecule has 4 atom stereocenters. The van der Waals surface area contributed by atoms with Gasteiger partial charge in [0.1, 0.15) is 0 Å². The third kappa shape index (κ3) is 3.92. The van der Waals surface area contributed by atoms with Crippen LogP contribution in [-0.2, 0) is 9.53 Å². The molecule has 0 aliphatic carbocycles. The zero-order chi connectivity index (χ0) is 17.8. The number of esters is 1. The Hall–Kier alpha value is -1.75. The van der Waals surface area contributed by atoms with E-state index >= 15 is 0 Å². The fraction of sp³-hybridized carbons (Fsp3) is 0.650. The van der Waals surface area contributed by atoms with E-state index in [0.717, 1.165) is 36.4 Å². The van der Waals surface area contributed by atoms with Crippen molar-refractivity contribution in [2.24, 2.45) is 11.8 Å². The molecule has 1 aromatic carbocycles. The van der Waals surface area contributed by atoms with Crippen LogP contribution in [0.5, 0.6) is 11.5 Å². The molecular weight excluding hydrogens is 318 g/mol. The molecule has 1 saturated heterocycles. The van der Waals surface area contributed by atoms with Gasteiger partial charge in [-0.1, -0.05) is 26.3 Å². The molecule has 2 aliphatic rings. The summed E-state index contributed by atoms with van der Waals surface area (Å²) in [5, 5.41) is 3.57. The summed E-state index contributed by atoms with van der Waals surface area (Å²) < 4.78 is 16.3. The average Bonchev–Trinajstić information content (AvgIpc) is 3.25. The maximum absolute atomic E-state index is 12.7. The highest BCUT2D eigenvalue weighted by molar-refractivity contribution is 5.75. The van der Waals surface area contributed by atoms with Crippen molar-refractivity contribution in [3.63, 3.8) is 0 Å². The van der Waals surface area contributed by atoms with Gasteiger partial charge in [-0.25, -0.2) is 0 Å². The minimum atomic E-state index is -0.149. The smallest absolute Gasteiger partial charge is 0.311 e. The molecule has 0 amide bonds. The van der Waals surface area contributed by atoms with E-state index in [1.165, 1.54) is 6.42 Å². The van der Waals surface area contributed by atoms with Gasteiger partial charge in [-0.15, -0.1) is 0 Å². The molecule has 138 valence electrons. The zero-order valence-corrected chi connectivity index (χ0v) is 15.4. The van der Waals surface area contributed by atoms with Crippen molar-refractivity contribution in [1.82, 2.24) is 5.32 Å². The highest BCUT2D eigenvalue weighted by Gasteiger charge is 2.42. The predicted molar refractivity (Wildman–Crippen MR) is 95.9 cm³/mol. The van der Waals surface area contributed by atoms with Gasteiger partial charge in [-0.05, 0) is 43.4 Å². The summed E-state index contributed by atoms with van der Waals surface area (Å²) in [5.74, 6) is 2.08. The first-order valence-electron chi connectivity index (χ1n) is 9.43. The molecule has 5 nitrogen and oxygen atoms in total. The predicted octanol–water partition coefficient (Wildman–Crippen LogP) is 3.48. The fourth-order valence-electron chi connectivity index (χ4n) is 3.80. The van der Waals surface area contributed by atoms with E-state index in [-0.39, 0.29) is 30.6 Å². The Morgan fingerprint density at radius 2 is 2.12 bits per heavy atom. The topological polar surface area (TPSA) is 56.8 Å². The van der Waals surface area contributed by atoms with E-state index in [1.807, 2.05) is 25.1 Å². The van der Waals surface area contributed by atoms with Gasteiger partial charge in [0.25, 0.3) is 0 Å². The normalized spacial score (nSPS) is 25.8. The third-order valence-electron chi connectivity index (χ3n) is 5.52. The quantitative estimate of drug-likeness (QED) is 0.765. The zero-order valence-electron chi connectivity index (χ0n) is 15.4. The number of nitrogens with one attached hydrogen (secondary N) is 1. The molecule has 5 heteroatoms. The van der Waals surface area contributed by atoms with Crippen molar-refractivity contribution in [2.45, 2.75) is 52.0 Å². The van der Waals surface area contributed by atoms with E-state index in [1.54, 1.807) is 0 Å². The highest BCUT2D eigenvalue weighted by Crippen LogP contribution is 2.40. The molecular formula is C20H29NO4. The van der Waals surface area contributed by atoms with Gasteiger partial charge in [0.2, 0.25) is 6.79 Å². The lowest BCUT2D eigenvalue weighted by atomic mass is 9.83. The third-order valence-corrected chi connectivity index (χ3v) is 5.52. The standard InChI is InChI=1S/C20H29NO4/c1-4-13(3)6-8-16-19(20(22)23-5-2)15(11-21-16)14-7-9-17-18(10-14)25-12-24-17/h7,9-10,13,15-16,19,21H,4-6,8,11-12H2,1-3H3/t13?,15-,16+,19-/m1/s1. The number of carbonyl (C=O) groups is 1. The number of ether oxygens (including phenoxy) is 3. The first-order valence-corrected chi connectivity index (χ1v) is 9.43. The molecule has 2 aliphatic heterocycles. The van der Waals surface area contributed by atoms with Crippen LogP contribution in [-0.4, -0.2) is 32.0 Å². The lowest BCUT2D eigenvalue weighted by molar-refractivity contribution is -0.148. The second-order valence-electron chi connectivity index (χ2n) is 7.10. The molecule has 1 fully saturated rings. The van der Waals surface area contributed by atoms with Crippen LogP contribution in [0.1, 0.15) is 51.5 Å². The molecule has 3 rings (SSSR count). The largest absolute Gasteiger partial charge is 0.466 e. The van der Waals surface area contributed by atoms with Gasteiger partial charge in [-0.3, -0.25) is 4.79 Å². The summed E-state index contributed by atoms with van der Waals surface area (Å²) in [6.07, 6.45) is 3.29. The number of benzene rings is 1. The Bertz CT molecular complexity index is 603. The summed E-state index contributed by atoms with van der Waals surface area (Å²) in [6.45, 7) is 7.81. The average molecular weight is 347 g/mol. The monoisotopic (exact) mass is 347 g/mol. The fourth-order valence-corrected chi connectivity index (χ4v) is 3.80. The lowest BCUT2D eigenvalue weighted by Gasteiger charge is -2.23. The SMILES string of the molecule is CCOC(=O)[C@H]1[C@H](CCC(C)CC)NC[C@@H]1c1ccc2c(c1)OCO2. The number of hydrogen-bond donors (Lipinski definition) is 1. The Kier molecular flexibility index (Phi) is 5.84. The minimum Gasteiger partial charge on any atom is -0.466 e. The first-order chi connectivity index (χ1) is 12.1. The van der Waals surface area contributed by atoms with Crippen LogP contribution < -0.4 is 14.8 Å². The molecule has 1 N–H and O–H groups in total. The molecule has 1 aromatic rings. The van der Waals surface area contributed by atoms with Crippen LogP contribution >= 0.6 is 0 Å². The first kappa shape index (κ1) is 18.1. The van der Waals surface area contributed by atoms with Gasteiger partial charge < -0.3 is 19.5 Å². The van der Waals surface area contributed by atoms with E-state index in [2.05, 4.69) is 19.2 Å². The van der Waals surface area contributed by atoms with Crippen LogP contribution in [0.3, 0.4) is 0 Å². The second-order valence-corrected chi connectivity index (χ2v) is 7.10. The second kappa shape index (κ2) is 8.09. The molecule has 25 heavy (non-hydrogen) atoms. The lowest BCUT2D eigenvalue weighted by Crippen LogP contribution is -2.34. The maximum atomic E-state index is 12.7. The van der Waals surface area contributed by atoms with E-state index < -0.39 is 0 Å². The van der Waals surface area contributed by atoms with Crippen molar-refractivity contribution in [1.29, 1.82) is 0 Å². The minimum absolute atomic E-state index is 0.0932. The van der Waals surface area contributed by atoms with E-state index in [0.29, 0.717) is 12.5 Å². The molecule has 0 saturated carbocycles. The Morgan fingerprint density at radius 1 is 1.32 bits per heavy atom. The van der Waals surface area contributed by atoms with E-state index in [4.69, 9.17) is 14.2 Å². The van der Waals surface area contributed by atoms with Crippen LogP contribution in [0.15, 0.2) is 18.2 Å². The summed E-state index contributed by atoms with van der Waals surface area (Å²) in [6, 6.07) is 6.16. The Labute approximate surface area is 150 Å². The van der Waals surface area contributed by atoms with Crippen molar-refractivity contribution < 1.29 is 19.0 Å². The summed E-state index contributed by atoms with van der Waals surface area (Å²) in [7, 11) is 0. The Balaban J connectivity index is 1.78. The highest BCUT2D eigenvalue weighted by atomic mass is 16.7. The van der Waals surface area contributed by atoms with E-state index in [9.17, 15) is 4.79 Å². The van der Waals surface area contributed by atoms with Crippen molar-refractivity contribution in [2.75, 3.05) is 19.9 Å². The number of carbonyl (C=O) groups excluding carboxylic acids is 1. The van der Waals surface area contributed by atoms with Gasteiger partial charge in [0.05, 0.1) is 12.5 Å². The molecule has 0 spiro atoms. The Morgan fingerprint density at radius 3 is 2.88 bits per heavy atom. The van der Waals surface area contributed by atoms with Gasteiger partial charge in [-0.2, -0.15) is 0 Å². The van der Waals surface area contributed by atoms with Crippen molar-refractivity contribution in [3.05, 3.63) is 23.8 Å². The number of hydrogen-bond acceptors (Lipinski definition) is 5. The van der Waals surface area contributed by atoms with Crippen LogP contribution in [0, 0.1) is 11.8 Å². The van der Waals surface area contributed by atoms with Gasteiger partial charge in [0, 0.05) is 18.5 Å². The molecule has 0 aromatic heterocycles. The summed E-state index contributed by atoms with van der Waals surface area (Å²) in [4.78, 5) is 12.7. The summed E-state index contributed by atoms with van der Waals surface area (Å²) >= 11 is 0. The molecule has 2 heterocycles. The molecule has 1 unspecified atom stereocenters. The maximum Gasteiger partial charge on any atom is 0.311 e. The number of fused-ring (bicyclic) bond motifs is 1. The van der Waals surface area contributed by atoms with Crippen molar-refractivity contribution in [3.8, 4) is 11.5 Å². The van der Waals surface area contributed by atoms with Crippen LogP contribution in [0.4, 0.5) is 0 Å². The summed E-state index contributed by atoms with van der Waals surface area (Å²) in [5.41, 5.74) is 1.11. The van der Waals surface area contributed by atoms with Crippen molar-refractivity contribution >= 4 is 5.97 Å². The van der Waals surface area contributed by atoms with Gasteiger partial charge >= 0.3 is 5.97 Å². The number of rotatable bonds is 7.